The number of aromatic nitrogens is 4. The van der Waals surface area contributed by atoms with Gasteiger partial charge in [0, 0.05) is 32.7 Å². The summed E-state index contributed by atoms with van der Waals surface area (Å²) in [7, 11) is 1.63. The van der Waals surface area contributed by atoms with Crippen LogP contribution in [0.5, 0.6) is 6.01 Å². The maximum Gasteiger partial charge on any atom is 0.332 e. The molecular formula is C22H30N4O4. The molecule has 162 valence electrons. The molecule has 0 spiro atoms. The number of allylic oxidation sites excluding steroid dienone is 4. The van der Waals surface area contributed by atoms with Gasteiger partial charge in [0.25, 0.3) is 11.6 Å². The van der Waals surface area contributed by atoms with E-state index in [2.05, 4.69) is 24.1 Å². The number of hydrogen-bond acceptors (Lipinski definition) is 5. The average molecular weight is 415 g/mol. The van der Waals surface area contributed by atoms with Gasteiger partial charge in [-0.25, -0.2) is 4.79 Å². The minimum Gasteiger partial charge on any atom is -0.461 e. The lowest BCUT2D eigenvalue weighted by molar-refractivity contribution is 0.181. The first-order valence-corrected chi connectivity index (χ1v) is 10.8. The van der Waals surface area contributed by atoms with Crippen molar-refractivity contribution in [1.82, 2.24) is 18.7 Å². The largest absolute Gasteiger partial charge is 0.461 e. The van der Waals surface area contributed by atoms with Crippen molar-refractivity contribution in [2.45, 2.75) is 58.2 Å². The van der Waals surface area contributed by atoms with E-state index in [-0.39, 0.29) is 30.7 Å². The van der Waals surface area contributed by atoms with E-state index < -0.39 is 5.69 Å². The lowest BCUT2D eigenvalue weighted by Crippen LogP contribution is -2.40. The van der Waals surface area contributed by atoms with Crippen LogP contribution in [0.4, 0.5) is 0 Å². The standard InChI is InChI=1S/C22H30N4O4/c1-15-8-3-4-9-16(15)14-26-18-19(23-21(26)30-17-10-5-6-11-17)24(2)22(29)25(20(18)28)12-7-13-27/h3-4,8-9,15-17,27H,5-7,10-14H2,1-2H3. The maximum absolute atomic E-state index is 13.3. The predicted octanol–water partition coefficient (Wildman–Crippen LogP) is 1.98. The summed E-state index contributed by atoms with van der Waals surface area (Å²) in [5, 5.41) is 9.18. The molecule has 1 N–H and O–H groups in total. The second-order valence-electron chi connectivity index (χ2n) is 8.37. The van der Waals surface area contributed by atoms with Crippen LogP contribution in [0, 0.1) is 11.8 Å². The molecule has 2 atom stereocenters. The Kier molecular flexibility index (Phi) is 5.94. The van der Waals surface area contributed by atoms with Gasteiger partial charge < -0.3 is 9.84 Å². The summed E-state index contributed by atoms with van der Waals surface area (Å²) in [6.45, 7) is 2.79. The smallest absolute Gasteiger partial charge is 0.332 e. The van der Waals surface area contributed by atoms with Gasteiger partial charge in [0.2, 0.25) is 0 Å². The highest BCUT2D eigenvalue weighted by Crippen LogP contribution is 2.29. The third-order valence-corrected chi connectivity index (χ3v) is 6.26. The van der Waals surface area contributed by atoms with Crippen molar-refractivity contribution < 1.29 is 9.84 Å². The van der Waals surface area contributed by atoms with Crippen LogP contribution >= 0.6 is 0 Å². The highest BCUT2D eigenvalue weighted by Gasteiger charge is 2.27. The van der Waals surface area contributed by atoms with E-state index in [0.717, 1.165) is 25.7 Å². The summed E-state index contributed by atoms with van der Waals surface area (Å²) >= 11 is 0. The molecule has 2 aliphatic rings. The van der Waals surface area contributed by atoms with Crippen LogP contribution in [0.2, 0.25) is 0 Å². The summed E-state index contributed by atoms with van der Waals surface area (Å²) in [4.78, 5) is 30.7. The minimum atomic E-state index is -0.424. The van der Waals surface area contributed by atoms with Crippen LogP contribution in [0.1, 0.15) is 39.0 Å². The molecule has 2 aliphatic carbocycles. The van der Waals surface area contributed by atoms with Crippen molar-refractivity contribution >= 4 is 11.2 Å². The zero-order chi connectivity index (χ0) is 21.3. The van der Waals surface area contributed by atoms with E-state index in [1.54, 1.807) is 7.05 Å². The number of fused-ring (bicyclic) bond motifs is 1. The molecule has 2 unspecified atom stereocenters. The van der Waals surface area contributed by atoms with E-state index in [0.29, 0.717) is 36.1 Å². The van der Waals surface area contributed by atoms with E-state index in [9.17, 15) is 14.7 Å². The normalized spacial score (nSPS) is 21.7. The van der Waals surface area contributed by atoms with Crippen molar-refractivity contribution in [3.8, 4) is 6.01 Å². The number of aliphatic hydroxyl groups is 1. The van der Waals surface area contributed by atoms with Gasteiger partial charge in [0.15, 0.2) is 11.2 Å². The molecule has 4 rings (SSSR count). The Bertz CT molecular complexity index is 1090. The van der Waals surface area contributed by atoms with Gasteiger partial charge in [-0.3, -0.25) is 18.5 Å². The van der Waals surface area contributed by atoms with Gasteiger partial charge in [0.1, 0.15) is 6.10 Å². The van der Waals surface area contributed by atoms with Gasteiger partial charge in [-0.2, -0.15) is 4.98 Å². The Morgan fingerprint density at radius 2 is 1.90 bits per heavy atom. The molecule has 0 radical (unpaired) electrons. The third-order valence-electron chi connectivity index (χ3n) is 6.26. The lowest BCUT2D eigenvalue weighted by atomic mass is 9.90. The van der Waals surface area contributed by atoms with E-state index in [4.69, 9.17) is 4.74 Å². The number of aryl methyl sites for hydroxylation is 1. The second-order valence-corrected chi connectivity index (χ2v) is 8.37. The average Bonchev–Trinajstić information content (AvgIpc) is 3.37. The molecule has 2 heterocycles. The summed E-state index contributed by atoms with van der Waals surface area (Å²) in [5.74, 6) is 0.511. The van der Waals surface area contributed by atoms with Gasteiger partial charge in [-0.1, -0.05) is 31.2 Å². The number of aliphatic hydroxyl groups excluding tert-OH is 1. The van der Waals surface area contributed by atoms with Gasteiger partial charge in [-0.05, 0) is 38.0 Å². The number of imidazole rings is 1. The fourth-order valence-electron chi connectivity index (χ4n) is 4.39. The minimum absolute atomic E-state index is 0.0837. The van der Waals surface area contributed by atoms with E-state index in [1.807, 2.05) is 16.7 Å². The molecule has 0 aromatic carbocycles. The molecule has 2 aromatic heterocycles. The predicted molar refractivity (Wildman–Crippen MR) is 115 cm³/mol. The molecule has 0 aliphatic heterocycles. The van der Waals surface area contributed by atoms with Gasteiger partial charge in [0.05, 0.1) is 0 Å². The molecule has 8 heteroatoms. The highest BCUT2D eigenvalue weighted by atomic mass is 16.5. The first-order chi connectivity index (χ1) is 14.5. The Labute approximate surface area is 175 Å². The Hall–Kier alpha value is -2.61. The zero-order valence-corrected chi connectivity index (χ0v) is 17.7. The molecule has 1 saturated carbocycles. The first-order valence-electron chi connectivity index (χ1n) is 10.8. The Morgan fingerprint density at radius 1 is 1.17 bits per heavy atom. The van der Waals surface area contributed by atoms with Crippen LogP contribution in [0.3, 0.4) is 0 Å². The quantitative estimate of drug-likeness (QED) is 0.748. The Balaban J connectivity index is 1.86. The Morgan fingerprint density at radius 3 is 2.60 bits per heavy atom. The van der Waals surface area contributed by atoms with E-state index >= 15 is 0 Å². The second kappa shape index (κ2) is 8.63. The molecular weight excluding hydrogens is 384 g/mol. The fraction of sp³-hybridized carbons (Fsp3) is 0.591. The number of nitrogens with zero attached hydrogens (tertiary/aromatic N) is 4. The summed E-state index contributed by atoms with van der Waals surface area (Å²) < 4.78 is 10.7. The number of ether oxygens (including phenoxy) is 1. The van der Waals surface area contributed by atoms with Crippen LogP contribution in [-0.2, 0) is 20.1 Å². The number of rotatable bonds is 7. The van der Waals surface area contributed by atoms with Gasteiger partial charge in [-0.15, -0.1) is 0 Å². The molecule has 0 saturated heterocycles. The van der Waals surface area contributed by atoms with Crippen molar-refractivity contribution in [3.05, 3.63) is 45.1 Å². The van der Waals surface area contributed by atoms with Crippen molar-refractivity contribution in [2.24, 2.45) is 18.9 Å². The maximum atomic E-state index is 13.3. The molecule has 1 fully saturated rings. The highest BCUT2D eigenvalue weighted by molar-refractivity contribution is 5.72. The molecule has 0 bridgehead atoms. The molecule has 8 nitrogen and oxygen atoms in total. The molecule has 30 heavy (non-hydrogen) atoms. The molecule has 2 aromatic rings. The topological polar surface area (TPSA) is 91.3 Å². The lowest BCUT2D eigenvalue weighted by Gasteiger charge is -2.22. The van der Waals surface area contributed by atoms with Crippen LogP contribution in [-0.4, -0.2) is 36.5 Å². The van der Waals surface area contributed by atoms with E-state index in [1.165, 1.54) is 9.13 Å². The van der Waals surface area contributed by atoms with Crippen LogP contribution in [0.15, 0.2) is 33.9 Å². The van der Waals surface area contributed by atoms with Gasteiger partial charge >= 0.3 is 5.69 Å². The van der Waals surface area contributed by atoms with Crippen molar-refractivity contribution in [3.63, 3.8) is 0 Å². The third kappa shape index (κ3) is 3.76. The summed E-state index contributed by atoms with van der Waals surface area (Å²) in [6, 6.07) is 0.416. The zero-order valence-electron chi connectivity index (χ0n) is 17.7. The van der Waals surface area contributed by atoms with Crippen LogP contribution < -0.4 is 16.0 Å². The van der Waals surface area contributed by atoms with Crippen LogP contribution in [0.25, 0.3) is 11.2 Å². The monoisotopic (exact) mass is 414 g/mol. The number of hydrogen-bond donors (Lipinski definition) is 1. The summed E-state index contributed by atoms with van der Waals surface area (Å²) in [5.41, 5.74) is -0.0652. The summed E-state index contributed by atoms with van der Waals surface area (Å²) in [6.07, 6.45) is 13.0. The molecule has 0 amide bonds. The fourth-order valence-corrected chi connectivity index (χ4v) is 4.39. The van der Waals surface area contributed by atoms with Crippen molar-refractivity contribution in [2.75, 3.05) is 6.61 Å². The van der Waals surface area contributed by atoms with Crippen molar-refractivity contribution in [1.29, 1.82) is 0 Å². The SMILES string of the molecule is CC1C=CC=CC1Cn1c(OC2CCCC2)nc2c1c(=O)n(CCCO)c(=O)n2C. The first kappa shape index (κ1) is 20.7.